The molecule has 3 N–H and O–H groups in total. The number of hydrogen-bond donors (Lipinski definition) is 3. The van der Waals surface area contributed by atoms with E-state index < -0.39 is 16.1 Å². The highest BCUT2D eigenvalue weighted by molar-refractivity contribution is 7.89. The maximum atomic E-state index is 12.6. The van der Waals surface area contributed by atoms with E-state index in [4.69, 9.17) is 0 Å². The molecule has 26 heavy (non-hydrogen) atoms. The molecule has 2 rings (SSSR count). The van der Waals surface area contributed by atoms with Gasteiger partial charge in [0, 0.05) is 46.3 Å². The number of aromatic nitrogens is 2. The average Bonchev–Trinajstić information content (AvgIpc) is 2.80. The van der Waals surface area contributed by atoms with Crippen molar-refractivity contribution in [1.29, 1.82) is 0 Å². The number of sulfonamides is 1. The van der Waals surface area contributed by atoms with Crippen LogP contribution in [0, 0.1) is 13.8 Å². The molecule has 0 aromatic carbocycles. The Morgan fingerprint density at radius 1 is 1.31 bits per heavy atom. The molecule has 0 spiro atoms. The quantitative estimate of drug-likeness (QED) is 0.542. The van der Waals surface area contributed by atoms with Gasteiger partial charge in [-0.1, -0.05) is 0 Å². The second-order valence-electron chi connectivity index (χ2n) is 6.35. The predicted molar refractivity (Wildman–Crippen MR) is 102 cm³/mol. The summed E-state index contributed by atoms with van der Waals surface area (Å²) in [7, 11) is -2.12. The van der Waals surface area contributed by atoms with Crippen molar-refractivity contribution in [3.05, 3.63) is 11.4 Å². The number of halogens is 1. The Kier molecular flexibility index (Phi) is 8.48. The zero-order valence-corrected chi connectivity index (χ0v) is 17.3. The van der Waals surface area contributed by atoms with Crippen molar-refractivity contribution in [2.24, 2.45) is 7.05 Å². The van der Waals surface area contributed by atoms with Gasteiger partial charge in [0.1, 0.15) is 4.90 Å². The molecule has 150 valence electrons. The normalized spacial score (nSPS) is 16.8. The van der Waals surface area contributed by atoms with Gasteiger partial charge < -0.3 is 10.6 Å². The monoisotopic (exact) mass is 408 g/mol. The molecule has 1 amide bonds. The van der Waals surface area contributed by atoms with Crippen molar-refractivity contribution in [2.75, 3.05) is 39.3 Å². The van der Waals surface area contributed by atoms with E-state index in [0.29, 0.717) is 17.9 Å². The molecule has 1 aliphatic heterocycles. The number of hydrogen-bond acceptors (Lipinski definition) is 6. The Balaban J connectivity index is 0.00000338. The maximum absolute atomic E-state index is 12.6. The summed E-state index contributed by atoms with van der Waals surface area (Å²) in [5.74, 6) is -0.335. The van der Waals surface area contributed by atoms with E-state index in [0.717, 1.165) is 32.7 Å². The molecule has 1 unspecified atom stereocenters. The minimum absolute atomic E-state index is 0. The molecule has 0 saturated carbocycles. The molecule has 1 fully saturated rings. The average molecular weight is 409 g/mol. The van der Waals surface area contributed by atoms with Gasteiger partial charge in [0.05, 0.1) is 17.4 Å². The molecule has 1 aromatic rings. The fraction of sp³-hybridized carbons (Fsp3) is 0.733. The highest BCUT2D eigenvalue weighted by atomic mass is 35.5. The summed E-state index contributed by atoms with van der Waals surface area (Å²) in [6.45, 7) is 9.94. The fourth-order valence-corrected chi connectivity index (χ4v) is 4.55. The Bertz CT molecular complexity index is 715. The van der Waals surface area contributed by atoms with Crippen molar-refractivity contribution in [3.63, 3.8) is 0 Å². The summed E-state index contributed by atoms with van der Waals surface area (Å²) in [6, 6.07) is -0.855. The summed E-state index contributed by atoms with van der Waals surface area (Å²) in [6.07, 6.45) is 0. The largest absolute Gasteiger partial charge is 0.353 e. The van der Waals surface area contributed by atoms with Gasteiger partial charge in [-0.2, -0.15) is 9.82 Å². The predicted octanol–water partition coefficient (Wildman–Crippen LogP) is -0.853. The van der Waals surface area contributed by atoms with Crippen LogP contribution in [0.15, 0.2) is 4.90 Å². The third-order valence-electron chi connectivity index (χ3n) is 4.37. The molecule has 9 nitrogen and oxygen atoms in total. The van der Waals surface area contributed by atoms with Crippen LogP contribution in [-0.2, 0) is 21.9 Å². The Morgan fingerprint density at radius 2 is 1.92 bits per heavy atom. The van der Waals surface area contributed by atoms with Crippen LogP contribution >= 0.6 is 12.4 Å². The van der Waals surface area contributed by atoms with Gasteiger partial charge >= 0.3 is 0 Å². The lowest BCUT2D eigenvalue weighted by molar-refractivity contribution is -0.122. The Hall–Kier alpha value is -1.20. The van der Waals surface area contributed by atoms with Crippen LogP contribution < -0.4 is 15.4 Å². The number of amides is 1. The van der Waals surface area contributed by atoms with Gasteiger partial charge in [0.15, 0.2) is 0 Å². The molecule has 0 radical (unpaired) electrons. The summed E-state index contributed by atoms with van der Waals surface area (Å²) in [5.41, 5.74) is 0.954. The van der Waals surface area contributed by atoms with Crippen LogP contribution in [0.25, 0.3) is 0 Å². The van der Waals surface area contributed by atoms with Gasteiger partial charge in [-0.05, 0) is 20.8 Å². The van der Waals surface area contributed by atoms with E-state index in [-0.39, 0.29) is 23.2 Å². The minimum atomic E-state index is -3.80. The fourth-order valence-electron chi connectivity index (χ4n) is 2.91. The number of nitrogens with one attached hydrogen (secondary N) is 3. The molecule has 1 atom stereocenters. The number of carbonyl (C=O) groups is 1. The number of piperazine rings is 1. The van der Waals surface area contributed by atoms with Crippen molar-refractivity contribution >= 4 is 28.3 Å². The second kappa shape index (κ2) is 9.65. The molecule has 1 saturated heterocycles. The van der Waals surface area contributed by atoms with Gasteiger partial charge in [0.2, 0.25) is 15.9 Å². The van der Waals surface area contributed by atoms with Crippen molar-refractivity contribution < 1.29 is 13.2 Å². The zero-order valence-electron chi connectivity index (χ0n) is 15.7. The van der Waals surface area contributed by atoms with E-state index in [9.17, 15) is 13.2 Å². The molecule has 0 bridgehead atoms. The van der Waals surface area contributed by atoms with Crippen LogP contribution in [0.5, 0.6) is 0 Å². The molecule has 1 aliphatic rings. The molecule has 11 heteroatoms. The van der Waals surface area contributed by atoms with E-state index in [1.165, 1.54) is 4.68 Å². The summed E-state index contributed by atoms with van der Waals surface area (Å²) >= 11 is 0. The van der Waals surface area contributed by atoms with Crippen LogP contribution in [0.1, 0.15) is 18.3 Å². The van der Waals surface area contributed by atoms with Gasteiger partial charge in [0.25, 0.3) is 0 Å². The third kappa shape index (κ3) is 5.65. The first-order valence-corrected chi connectivity index (χ1v) is 9.94. The number of rotatable bonds is 7. The molecule has 2 heterocycles. The van der Waals surface area contributed by atoms with E-state index in [1.54, 1.807) is 27.8 Å². The van der Waals surface area contributed by atoms with E-state index >= 15 is 0 Å². The Morgan fingerprint density at radius 3 is 2.46 bits per heavy atom. The van der Waals surface area contributed by atoms with Gasteiger partial charge in [-0.25, -0.2) is 8.42 Å². The lowest BCUT2D eigenvalue weighted by Gasteiger charge is -2.27. The molecular formula is C15H29ClN6O3S. The summed E-state index contributed by atoms with van der Waals surface area (Å²) in [4.78, 5) is 14.6. The third-order valence-corrected chi connectivity index (χ3v) is 6.17. The highest BCUT2D eigenvalue weighted by Gasteiger charge is 2.27. The number of carbonyl (C=O) groups excluding carboxylic acids is 1. The standard InChI is InChI=1S/C15H28N6O3S.ClH/c1-11-14(13(3)20(4)18-11)25(23,24)19-12(2)15(22)17-7-10-21-8-5-16-6-9-21;/h12,16,19H,5-10H2,1-4H3,(H,17,22);1H. The number of aryl methyl sites for hydroxylation is 2. The minimum Gasteiger partial charge on any atom is -0.353 e. The van der Waals surface area contributed by atoms with E-state index in [2.05, 4.69) is 25.4 Å². The van der Waals surface area contributed by atoms with Crippen LogP contribution in [0.2, 0.25) is 0 Å². The second-order valence-corrected chi connectivity index (χ2v) is 8.00. The van der Waals surface area contributed by atoms with Gasteiger partial charge in [-0.15, -0.1) is 12.4 Å². The topological polar surface area (TPSA) is 108 Å². The summed E-state index contributed by atoms with van der Waals surface area (Å²) in [5, 5.41) is 10.2. The number of nitrogens with zero attached hydrogens (tertiary/aromatic N) is 3. The Labute approximate surface area is 161 Å². The first-order valence-electron chi connectivity index (χ1n) is 8.45. The maximum Gasteiger partial charge on any atom is 0.244 e. The van der Waals surface area contributed by atoms with Crippen LogP contribution in [-0.4, -0.2) is 74.3 Å². The van der Waals surface area contributed by atoms with Crippen LogP contribution in [0.4, 0.5) is 0 Å². The van der Waals surface area contributed by atoms with Crippen LogP contribution in [0.3, 0.4) is 0 Å². The highest BCUT2D eigenvalue weighted by Crippen LogP contribution is 2.18. The lowest BCUT2D eigenvalue weighted by atomic mass is 10.3. The van der Waals surface area contributed by atoms with Gasteiger partial charge in [-0.3, -0.25) is 14.4 Å². The molecule has 0 aliphatic carbocycles. The van der Waals surface area contributed by atoms with Crippen molar-refractivity contribution in [1.82, 2.24) is 30.0 Å². The van der Waals surface area contributed by atoms with Crippen molar-refractivity contribution in [3.8, 4) is 0 Å². The smallest absolute Gasteiger partial charge is 0.244 e. The van der Waals surface area contributed by atoms with E-state index in [1.807, 2.05) is 0 Å². The first kappa shape index (κ1) is 22.8. The zero-order chi connectivity index (χ0) is 18.6. The molecular weight excluding hydrogens is 380 g/mol. The van der Waals surface area contributed by atoms with Crippen molar-refractivity contribution in [2.45, 2.75) is 31.7 Å². The SMILES string of the molecule is Cc1nn(C)c(C)c1S(=O)(=O)NC(C)C(=O)NCCN1CCNCC1.Cl. The lowest BCUT2D eigenvalue weighted by Crippen LogP contribution is -2.49. The first-order chi connectivity index (χ1) is 11.7. The molecule has 1 aromatic heterocycles. The summed E-state index contributed by atoms with van der Waals surface area (Å²) < 4.78 is 29.1.